The molecule has 12 nitrogen and oxygen atoms in total. The molecule has 1 saturated heterocycles. The standard InChI is InChI=1S/C18H25N3O9/c22-7-11(24)17(30-18-16(28)15(27)14(26)12(8-23)29-18)13(25)10-6-21(20-19-10)9-4-2-1-3-5-9/h1-6,11-18,22-28H,7-8H2/t11?,12-,13+,14+,15+,16-,17?,18+/m1/s1. The molecule has 1 aromatic heterocycles. The molecule has 1 aromatic carbocycles. The zero-order chi connectivity index (χ0) is 21.8. The Morgan fingerprint density at radius 2 is 1.73 bits per heavy atom. The molecule has 0 bridgehead atoms. The molecular weight excluding hydrogens is 402 g/mol. The number of aliphatic hydroxyl groups is 7. The van der Waals surface area contributed by atoms with Crippen molar-refractivity contribution in [2.24, 2.45) is 0 Å². The van der Waals surface area contributed by atoms with E-state index in [1.165, 1.54) is 10.9 Å². The highest BCUT2D eigenvalue weighted by molar-refractivity contribution is 5.30. The lowest BCUT2D eigenvalue weighted by Crippen LogP contribution is -2.60. The van der Waals surface area contributed by atoms with Crippen molar-refractivity contribution in [3.05, 3.63) is 42.2 Å². The Kier molecular flexibility index (Phi) is 7.46. The van der Waals surface area contributed by atoms with Gasteiger partial charge in [0.25, 0.3) is 0 Å². The second-order valence-corrected chi connectivity index (χ2v) is 6.92. The Bertz CT molecular complexity index is 790. The van der Waals surface area contributed by atoms with Gasteiger partial charge >= 0.3 is 0 Å². The van der Waals surface area contributed by atoms with Gasteiger partial charge < -0.3 is 45.2 Å². The molecule has 1 aliphatic heterocycles. The Hall–Kier alpha value is -2.00. The van der Waals surface area contributed by atoms with Gasteiger partial charge in [-0.25, -0.2) is 4.68 Å². The normalized spacial score (nSPS) is 30.0. The van der Waals surface area contributed by atoms with Gasteiger partial charge in [0.1, 0.15) is 48.4 Å². The third-order valence-electron chi connectivity index (χ3n) is 4.85. The molecule has 2 aromatic rings. The van der Waals surface area contributed by atoms with E-state index < -0.39 is 62.2 Å². The lowest BCUT2D eigenvalue weighted by atomic mass is 9.99. The van der Waals surface area contributed by atoms with Crippen LogP contribution in [-0.4, -0.2) is 107 Å². The molecule has 0 spiro atoms. The van der Waals surface area contributed by atoms with Crippen LogP contribution in [0.5, 0.6) is 0 Å². The van der Waals surface area contributed by atoms with Crippen LogP contribution < -0.4 is 0 Å². The summed E-state index contributed by atoms with van der Waals surface area (Å²) in [4.78, 5) is 0. The molecule has 2 unspecified atom stereocenters. The minimum absolute atomic E-state index is 0.000874. The van der Waals surface area contributed by atoms with Gasteiger partial charge in [-0.15, -0.1) is 5.10 Å². The molecular formula is C18H25N3O9. The quantitative estimate of drug-likeness (QED) is 0.225. The van der Waals surface area contributed by atoms with Crippen molar-refractivity contribution < 1.29 is 45.2 Å². The molecule has 1 fully saturated rings. The van der Waals surface area contributed by atoms with E-state index >= 15 is 0 Å². The number of ether oxygens (including phenoxy) is 2. The topological polar surface area (TPSA) is 191 Å². The van der Waals surface area contributed by atoms with E-state index in [9.17, 15) is 35.7 Å². The minimum Gasteiger partial charge on any atom is -0.394 e. The van der Waals surface area contributed by atoms with Gasteiger partial charge in [-0.3, -0.25) is 0 Å². The summed E-state index contributed by atoms with van der Waals surface area (Å²) >= 11 is 0. The first kappa shape index (κ1) is 22.7. The van der Waals surface area contributed by atoms with E-state index in [0.717, 1.165) is 0 Å². The van der Waals surface area contributed by atoms with Gasteiger partial charge in [0.2, 0.25) is 0 Å². The van der Waals surface area contributed by atoms with Crippen molar-refractivity contribution in [3.63, 3.8) is 0 Å². The Balaban J connectivity index is 1.80. The number of hydrogen-bond acceptors (Lipinski definition) is 11. The number of para-hydroxylation sites is 1. The van der Waals surface area contributed by atoms with Crippen LogP contribution in [0.1, 0.15) is 11.8 Å². The maximum atomic E-state index is 10.7. The summed E-state index contributed by atoms with van der Waals surface area (Å²) in [7, 11) is 0. The number of hydrogen-bond donors (Lipinski definition) is 7. The van der Waals surface area contributed by atoms with Crippen LogP contribution in [0.2, 0.25) is 0 Å². The zero-order valence-electron chi connectivity index (χ0n) is 15.8. The summed E-state index contributed by atoms with van der Waals surface area (Å²) in [5, 5.41) is 77.1. The van der Waals surface area contributed by atoms with E-state index in [4.69, 9.17) is 9.47 Å². The lowest BCUT2D eigenvalue weighted by molar-refractivity contribution is -0.325. The van der Waals surface area contributed by atoms with Crippen LogP contribution in [0.4, 0.5) is 0 Å². The number of benzene rings is 1. The van der Waals surface area contributed by atoms with Crippen molar-refractivity contribution in [3.8, 4) is 5.69 Å². The molecule has 8 atom stereocenters. The molecule has 0 radical (unpaired) electrons. The smallest absolute Gasteiger partial charge is 0.187 e. The Labute approximate surface area is 171 Å². The molecule has 2 heterocycles. The fourth-order valence-electron chi connectivity index (χ4n) is 3.10. The highest BCUT2D eigenvalue weighted by atomic mass is 16.7. The number of rotatable bonds is 8. The van der Waals surface area contributed by atoms with Crippen LogP contribution in [0.15, 0.2) is 36.5 Å². The number of aromatic nitrogens is 3. The third kappa shape index (κ3) is 4.67. The van der Waals surface area contributed by atoms with Crippen molar-refractivity contribution in [1.29, 1.82) is 0 Å². The van der Waals surface area contributed by atoms with E-state index in [2.05, 4.69) is 10.3 Å². The van der Waals surface area contributed by atoms with Gasteiger partial charge in [0, 0.05) is 0 Å². The van der Waals surface area contributed by atoms with Crippen LogP contribution in [0.3, 0.4) is 0 Å². The molecule has 0 amide bonds. The van der Waals surface area contributed by atoms with Crippen LogP contribution in [0.25, 0.3) is 5.69 Å². The summed E-state index contributed by atoms with van der Waals surface area (Å²) in [6.07, 6.45) is -11.3. The summed E-state index contributed by atoms with van der Waals surface area (Å²) in [6.45, 7) is -1.47. The molecule has 30 heavy (non-hydrogen) atoms. The van der Waals surface area contributed by atoms with Crippen LogP contribution in [0, 0.1) is 0 Å². The summed E-state index contributed by atoms with van der Waals surface area (Å²) in [5.41, 5.74) is 0.665. The first-order valence-corrected chi connectivity index (χ1v) is 9.28. The summed E-state index contributed by atoms with van der Waals surface area (Å²) in [5.74, 6) is 0. The predicted molar refractivity (Wildman–Crippen MR) is 98.1 cm³/mol. The van der Waals surface area contributed by atoms with E-state index in [1.807, 2.05) is 6.07 Å². The maximum Gasteiger partial charge on any atom is 0.187 e. The predicted octanol–water partition coefficient (Wildman–Crippen LogP) is -3.16. The van der Waals surface area contributed by atoms with Crippen LogP contribution >= 0.6 is 0 Å². The summed E-state index contributed by atoms with van der Waals surface area (Å²) in [6, 6.07) is 8.91. The van der Waals surface area contributed by atoms with Gasteiger partial charge in [-0.1, -0.05) is 23.4 Å². The SMILES string of the molecule is OCC(O)C(O[C@@H]1O[C@H](CO)[C@H](O)[C@H](O)[C@H]1O)[C@@H](O)c1cn(-c2ccccc2)nn1. The summed E-state index contributed by atoms with van der Waals surface area (Å²) < 4.78 is 12.1. The first-order chi connectivity index (χ1) is 14.4. The monoisotopic (exact) mass is 427 g/mol. The molecule has 3 rings (SSSR count). The maximum absolute atomic E-state index is 10.7. The van der Waals surface area contributed by atoms with Gasteiger partial charge in [-0.05, 0) is 12.1 Å². The zero-order valence-corrected chi connectivity index (χ0v) is 15.8. The van der Waals surface area contributed by atoms with Crippen molar-refractivity contribution in [2.75, 3.05) is 13.2 Å². The van der Waals surface area contributed by atoms with E-state index in [1.54, 1.807) is 24.3 Å². The second kappa shape index (κ2) is 9.87. The van der Waals surface area contributed by atoms with E-state index in [0.29, 0.717) is 5.69 Å². The van der Waals surface area contributed by atoms with Gasteiger partial charge in [0.15, 0.2) is 6.29 Å². The fraction of sp³-hybridized carbons (Fsp3) is 0.556. The minimum atomic E-state index is -1.75. The number of nitrogens with zero attached hydrogens (tertiary/aromatic N) is 3. The molecule has 12 heteroatoms. The lowest BCUT2D eigenvalue weighted by Gasteiger charge is -2.41. The average Bonchev–Trinajstić information content (AvgIpc) is 3.27. The second-order valence-electron chi connectivity index (χ2n) is 6.92. The third-order valence-corrected chi connectivity index (χ3v) is 4.85. The highest BCUT2D eigenvalue weighted by Gasteiger charge is 2.46. The van der Waals surface area contributed by atoms with Crippen molar-refractivity contribution >= 4 is 0 Å². The Morgan fingerprint density at radius 1 is 1.03 bits per heavy atom. The van der Waals surface area contributed by atoms with E-state index in [-0.39, 0.29) is 5.69 Å². The highest BCUT2D eigenvalue weighted by Crippen LogP contribution is 2.28. The van der Waals surface area contributed by atoms with Crippen LogP contribution in [-0.2, 0) is 9.47 Å². The fourth-order valence-corrected chi connectivity index (χ4v) is 3.10. The largest absolute Gasteiger partial charge is 0.394 e. The number of aliphatic hydroxyl groups excluding tert-OH is 7. The molecule has 0 saturated carbocycles. The Morgan fingerprint density at radius 3 is 2.37 bits per heavy atom. The van der Waals surface area contributed by atoms with Crippen molar-refractivity contribution in [1.82, 2.24) is 15.0 Å². The molecule has 166 valence electrons. The molecule has 7 N–H and O–H groups in total. The molecule has 1 aliphatic rings. The van der Waals surface area contributed by atoms with Crippen molar-refractivity contribution in [2.45, 2.75) is 49.0 Å². The van der Waals surface area contributed by atoms with Gasteiger partial charge in [-0.2, -0.15) is 0 Å². The average molecular weight is 427 g/mol. The first-order valence-electron chi connectivity index (χ1n) is 9.28. The van der Waals surface area contributed by atoms with Gasteiger partial charge in [0.05, 0.1) is 25.1 Å². The molecule has 0 aliphatic carbocycles.